The predicted molar refractivity (Wildman–Crippen MR) is 100 cm³/mol. The number of amidine groups is 1. The van der Waals surface area contributed by atoms with E-state index in [-0.39, 0.29) is 6.04 Å². The van der Waals surface area contributed by atoms with Gasteiger partial charge in [-0.05, 0) is 17.7 Å². The maximum atomic E-state index is 13.1. The smallest absolute Gasteiger partial charge is 0.264 e. The summed E-state index contributed by atoms with van der Waals surface area (Å²) in [6.07, 6.45) is 5.65. The first-order chi connectivity index (χ1) is 12.9. The highest BCUT2D eigenvalue weighted by atomic mass is 19.3. The molecule has 0 bridgehead atoms. The minimum Gasteiger partial charge on any atom is -0.335 e. The van der Waals surface area contributed by atoms with E-state index < -0.39 is 12.5 Å². The Morgan fingerprint density at radius 2 is 2.19 bits per heavy atom. The second kappa shape index (κ2) is 6.57. The summed E-state index contributed by atoms with van der Waals surface area (Å²) in [4.78, 5) is 8.41. The third kappa shape index (κ3) is 3.71. The van der Waals surface area contributed by atoms with Crippen molar-refractivity contribution in [2.45, 2.75) is 25.3 Å². The molecule has 0 radical (unpaired) electrons. The molecule has 1 aromatic carbocycles. The van der Waals surface area contributed by atoms with E-state index in [9.17, 15) is 8.78 Å². The normalized spacial score (nSPS) is 19.0. The van der Waals surface area contributed by atoms with Crippen LogP contribution in [-0.4, -0.2) is 44.6 Å². The molecule has 140 valence electrons. The number of nitrogens with zero attached hydrogens (tertiary/aromatic N) is 5. The molecular weight excluding hydrogens is 352 g/mol. The van der Waals surface area contributed by atoms with E-state index in [1.165, 1.54) is 6.34 Å². The fourth-order valence-electron chi connectivity index (χ4n) is 3.05. The average Bonchev–Trinajstić information content (AvgIpc) is 3.25. The molecule has 0 saturated carbocycles. The van der Waals surface area contributed by atoms with Crippen molar-refractivity contribution in [3.05, 3.63) is 36.3 Å². The van der Waals surface area contributed by atoms with Crippen LogP contribution in [-0.2, 0) is 7.05 Å². The number of aromatic nitrogens is 4. The first kappa shape index (κ1) is 17.3. The van der Waals surface area contributed by atoms with E-state index in [0.717, 1.165) is 34.6 Å². The van der Waals surface area contributed by atoms with E-state index in [1.54, 1.807) is 10.9 Å². The summed E-state index contributed by atoms with van der Waals surface area (Å²) in [7, 11) is 1.87. The highest BCUT2D eigenvalue weighted by Crippen LogP contribution is 2.31. The third-order valence-corrected chi connectivity index (χ3v) is 4.37. The molecule has 4 rings (SSSR count). The van der Waals surface area contributed by atoms with Crippen LogP contribution in [0.4, 0.5) is 8.78 Å². The number of nitrogens with one attached hydrogen (secondary N) is 2. The average molecular weight is 371 g/mol. The van der Waals surface area contributed by atoms with Gasteiger partial charge in [0.1, 0.15) is 18.4 Å². The van der Waals surface area contributed by atoms with Gasteiger partial charge in [-0.25, -0.2) is 8.78 Å². The Morgan fingerprint density at radius 3 is 2.93 bits per heavy atom. The van der Waals surface area contributed by atoms with Crippen molar-refractivity contribution >= 4 is 23.1 Å². The zero-order valence-corrected chi connectivity index (χ0v) is 14.9. The third-order valence-electron chi connectivity index (χ3n) is 4.37. The van der Waals surface area contributed by atoms with Crippen LogP contribution in [0, 0.1) is 0 Å². The van der Waals surface area contributed by atoms with Gasteiger partial charge in [-0.2, -0.15) is 10.2 Å². The van der Waals surface area contributed by atoms with Crippen LogP contribution < -0.4 is 5.32 Å². The van der Waals surface area contributed by atoms with Crippen molar-refractivity contribution in [2.75, 3.05) is 6.54 Å². The molecule has 0 fully saturated rings. The zero-order valence-electron chi connectivity index (χ0n) is 14.9. The fraction of sp³-hybridized carbons (Fsp3) is 0.333. The van der Waals surface area contributed by atoms with Crippen molar-refractivity contribution in [1.29, 1.82) is 0 Å². The molecule has 0 aliphatic carbocycles. The molecule has 1 atom stereocenters. The Hall–Kier alpha value is -3.10. The van der Waals surface area contributed by atoms with Crippen LogP contribution in [0.1, 0.15) is 25.1 Å². The number of fused-ring (bicyclic) bond motifs is 1. The Labute approximate surface area is 154 Å². The summed E-state index contributed by atoms with van der Waals surface area (Å²) in [5.74, 6) is -2.35. The second-order valence-corrected chi connectivity index (χ2v) is 6.75. The number of halogens is 2. The van der Waals surface area contributed by atoms with Crippen molar-refractivity contribution in [3.8, 4) is 11.1 Å². The highest BCUT2D eigenvalue weighted by Gasteiger charge is 2.24. The maximum Gasteiger partial charge on any atom is 0.264 e. The molecule has 2 N–H and O–H groups in total. The van der Waals surface area contributed by atoms with Gasteiger partial charge >= 0.3 is 0 Å². The number of hydrogen-bond donors (Lipinski definition) is 2. The molecule has 2 aromatic heterocycles. The summed E-state index contributed by atoms with van der Waals surface area (Å²) in [5, 5.41) is 15.4. The molecule has 27 heavy (non-hydrogen) atoms. The standard InChI is InChI=1S/C18H19F2N7/c1-18(19,20)9-21-16-6-15(22-10-23-16)17-13-5-11(3-4-14(13)25-26-17)12-7-24-27(2)8-12/h3-5,7-8,10,15H,6,9H2,1-2H3,(H,25,26)(H,21,22,23). The highest BCUT2D eigenvalue weighted by molar-refractivity contribution is 5.95. The molecule has 9 heteroatoms. The lowest BCUT2D eigenvalue weighted by Crippen LogP contribution is -2.30. The Kier molecular flexibility index (Phi) is 4.21. The number of rotatable bonds is 4. The van der Waals surface area contributed by atoms with Crippen LogP contribution in [0.15, 0.2) is 40.6 Å². The first-order valence-electron chi connectivity index (χ1n) is 8.55. The molecule has 1 unspecified atom stereocenters. The molecule has 7 nitrogen and oxygen atoms in total. The molecule has 1 aliphatic rings. The minimum absolute atomic E-state index is 0.260. The van der Waals surface area contributed by atoms with E-state index in [1.807, 2.05) is 31.4 Å². The van der Waals surface area contributed by atoms with Crippen LogP contribution in [0.3, 0.4) is 0 Å². The van der Waals surface area contributed by atoms with Gasteiger partial charge in [-0.3, -0.25) is 19.8 Å². The molecule has 0 saturated heterocycles. The lowest BCUT2D eigenvalue weighted by molar-refractivity contribution is 0.0326. The molecule has 0 spiro atoms. The van der Waals surface area contributed by atoms with Gasteiger partial charge in [0.25, 0.3) is 5.92 Å². The molecule has 1 aliphatic heterocycles. The Balaban J connectivity index is 1.65. The van der Waals surface area contributed by atoms with Gasteiger partial charge in [0.2, 0.25) is 0 Å². The quantitative estimate of drug-likeness (QED) is 0.739. The number of H-pyrrole nitrogens is 1. The van der Waals surface area contributed by atoms with E-state index in [4.69, 9.17) is 0 Å². The SMILES string of the molecule is Cn1cc(-c2ccc3n[nH]c(C4CC(=NCC(C)(F)F)NC=N4)c3c2)cn1. The van der Waals surface area contributed by atoms with Gasteiger partial charge in [0.05, 0.1) is 23.7 Å². The summed E-state index contributed by atoms with van der Waals surface area (Å²) in [5.41, 5.74) is 3.69. The van der Waals surface area contributed by atoms with Gasteiger partial charge in [0.15, 0.2) is 0 Å². The maximum absolute atomic E-state index is 13.1. The van der Waals surface area contributed by atoms with Gasteiger partial charge in [-0.1, -0.05) is 6.07 Å². The molecule has 3 aromatic rings. The van der Waals surface area contributed by atoms with Crippen LogP contribution in [0.5, 0.6) is 0 Å². The fourth-order valence-corrected chi connectivity index (χ4v) is 3.05. The monoisotopic (exact) mass is 371 g/mol. The van der Waals surface area contributed by atoms with Crippen LogP contribution >= 0.6 is 0 Å². The second-order valence-electron chi connectivity index (χ2n) is 6.75. The molecule has 3 heterocycles. The number of benzene rings is 1. The van der Waals surface area contributed by atoms with Crippen LogP contribution in [0.25, 0.3) is 22.0 Å². The van der Waals surface area contributed by atoms with Crippen molar-refractivity contribution in [1.82, 2.24) is 25.3 Å². The van der Waals surface area contributed by atoms with Gasteiger partial charge < -0.3 is 5.32 Å². The molecule has 0 amide bonds. The van der Waals surface area contributed by atoms with Crippen molar-refractivity contribution in [3.63, 3.8) is 0 Å². The molecular formula is C18H19F2N7. The summed E-state index contributed by atoms with van der Waals surface area (Å²) >= 11 is 0. The number of aryl methyl sites for hydroxylation is 1. The lowest BCUT2D eigenvalue weighted by atomic mass is 10.0. The number of alkyl halides is 2. The van der Waals surface area contributed by atoms with Crippen molar-refractivity contribution < 1.29 is 8.78 Å². The van der Waals surface area contributed by atoms with Gasteiger partial charge in [-0.15, -0.1) is 0 Å². The number of aliphatic imine (C=N–C) groups is 2. The van der Waals surface area contributed by atoms with Crippen molar-refractivity contribution in [2.24, 2.45) is 17.0 Å². The predicted octanol–water partition coefficient (Wildman–Crippen LogP) is 3.08. The largest absolute Gasteiger partial charge is 0.335 e. The topological polar surface area (TPSA) is 83.2 Å². The first-order valence-corrected chi connectivity index (χ1v) is 8.55. The van der Waals surface area contributed by atoms with E-state index in [0.29, 0.717) is 12.3 Å². The number of hydrogen-bond acceptors (Lipinski definition) is 4. The van der Waals surface area contributed by atoms with E-state index >= 15 is 0 Å². The van der Waals surface area contributed by atoms with Gasteiger partial charge in [0, 0.05) is 37.5 Å². The summed E-state index contributed by atoms with van der Waals surface area (Å²) in [6, 6.07) is 5.71. The van der Waals surface area contributed by atoms with E-state index in [2.05, 4.69) is 30.6 Å². The summed E-state index contributed by atoms with van der Waals surface area (Å²) < 4.78 is 27.9. The Morgan fingerprint density at radius 1 is 1.33 bits per heavy atom. The zero-order chi connectivity index (χ0) is 19.0. The Bertz CT molecular complexity index is 1030. The van der Waals surface area contributed by atoms with Crippen LogP contribution in [0.2, 0.25) is 0 Å². The number of aromatic amines is 1. The minimum atomic E-state index is -2.84. The summed E-state index contributed by atoms with van der Waals surface area (Å²) in [6.45, 7) is 0.304. The lowest BCUT2D eigenvalue weighted by Gasteiger charge is -2.19.